The minimum atomic E-state index is -4.18. The Bertz CT molecular complexity index is 385. The number of nitrogens with one attached hydrogen (secondary N) is 1. The van der Waals surface area contributed by atoms with Gasteiger partial charge in [-0.05, 0) is 44.1 Å². The van der Waals surface area contributed by atoms with E-state index in [2.05, 4.69) is 5.32 Å². The lowest BCUT2D eigenvalue weighted by Crippen LogP contribution is -2.51. The van der Waals surface area contributed by atoms with Gasteiger partial charge in [0.25, 0.3) is 0 Å². The van der Waals surface area contributed by atoms with Crippen molar-refractivity contribution in [3.05, 3.63) is 0 Å². The fraction of sp³-hybridized carbons (Fsp3) is 0.929. The number of nitrogens with zero attached hydrogens (tertiary/aromatic N) is 1. The quantitative estimate of drug-likeness (QED) is 0.803. The van der Waals surface area contributed by atoms with E-state index in [1.807, 2.05) is 0 Å². The Morgan fingerprint density at radius 1 is 1.15 bits per heavy atom. The molecule has 2 aliphatic heterocycles. The molecule has 0 radical (unpaired) electrons. The second-order valence-electron chi connectivity index (χ2n) is 6.41. The molecular weight excluding hydrogens is 269 g/mol. The van der Waals surface area contributed by atoms with Gasteiger partial charge < -0.3 is 10.2 Å². The first-order valence-electron chi connectivity index (χ1n) is 7.55. The van der Waals surface area contributed by atoms with Crippen LogP contribution in [0.4, 0.5) is 13.2 Å². The first kappa shape index (κ1) is 14.2. The Labute approximate surface area is 116 Å². The second kappa shape index (κ2) is 5.20. The summed E-state index contributed by atoms with van der Waals surface area (Å²) < 4.78 is 38.4. The van der Waals surface area contributed by atoms with Gasteiger partial charge in [-0.2, -0.15) is 13.2 Å². The molecule has 6 heteroatoms. The first-order chi connectivity index (χ1) is 9.47. The molecule has 0 aromatic carbocycles. The summed E-state index contributed by atoms with van der Waals surface area (Å²) in [6, 6.07) is -0.241. The number of fused-ring (bicyclic) bond motifs is 1. The summed E-state index contributed by atoms with van der Waals surface area (Å²) in [6.45, 7) is 1.16. The number of carbonyl (C=O) groups excluding carboxylic acids is 1. The van der Waals surface area contributed by atoms with Crippen molar-refractivity contribution in [2.45, 2.75) is 44.3 Å². The molecule has 1 N–H and O–H groups in total. The Morgan fingerprint density at radius 3 is 2.70 bits per heavy atom. The molecule has 2 heterocycles. The topological polar surface area (TPSA) is 32.3 Å². The summed E-state index contributed by atoms with van der Waals surface area (Å²) in [7, 11) is 0. The van der Waals surface area contributed by atoms with Crippen molar-refractivity contribution in [1.29, 1.82) is 0 Å². The molecule has 0 spiro atoms. The zero-order valence-electron chi connectivity index (χ0n) is 11.5. The van der Waals surface area contributed by atoms with Crippen LogP contribution < -0.4 is 5.32 Å². The average molecular weight is 290 g/mol. The van der Waals surface area contributed by atoms with Crippen molar-refractivity contribution in [2.24, 2.45) is 17.8 Å². The number of halogens is 3. The van der Waals surface area contributed by atoms with Crippen LogP contribution >= 0.6 is 0 Å². The Kier molecular flexibility index (Phi) is 3.69. The number of carbonyl (C=O) groups is 1. The Balaban J connectivity index is 1.65. The van der Waals surface area contributed by atoms with Gasteiger partial charge in [-0.1, -0.05) is 6.42 Å². The summed E-state index contributed by atoms with van der Waals surface area (Å²) in [5.74, 6) is -0.560. The smallest absolute Gasteiger partial charge is 0.341 e. The number of rotatable bonds is 1. The Hall–Kier alpha value is -0.780. The highest BCUT2D eigenvalue weighted by molar-refractivity contribution is 5.83. The number of likely N-dealkylation sites (tertiary alicyclic amines) is 1. The van der Waals surface area contributed by atoms with Crippen LogP contribution in [0, 0.1) is 17.8 Å². The monoisotopic (exact) mass is 290 g/mol. The highest BCUT2D eigenvalue weighted by Gasteiger charge is 2.47. The summed E-state index contributed by atoms with van der Waals surface area (Å²) in [5, 5.41) is 3.24. The third kappa shape index (κ3) is 2.54. The molecule has 2 saturated heterocycles. The van der Waals surface area contributed by atoms with Crippen LogP contribution in [0.1, 0.15) is 32.1 Å². The van der Waals surface area contributed by atoms with Crippen LogP contribution in [-0.4, -0.2) is 42.7 Å². The summed E-state index contributed by atoms with van der Waals surface area (Å²) in [5.41, 5.74) is 0. The molecule has 3 fully saturated rings. The molecule has 0 bridgehead atoms. The average Bonchev–Trinajstić information content (AvgIpc) is 2.99. The molecule has 3 rings (SSSR count). The van der Waals surface area contributed by atoms with E-state index in [0.717, 1.165) is 25.8 Å². The van der Waals surface area contributed by atoms with Gasteiger partial charge in [0, 0.05) is 13.1 Å². The third-order valence-corrected chi connectivity index (χ3v) is 5.21. The van der Waals surface area contributed by atoms with Crippen LogP contribution in [-0.2, 0) is 4.79 Å². The van der Waals surface area contributed by atoms with Gasteiger partial charge in [0.05, 0.1) is 12.0 Å². The summed E-state index contributed by atoms with van der Waals surface area (Å²) in [6.07, 6.45) is -0.255. The van der Waals surface area contributed by atoms with Crippen LogP contribution in [0.3, 0.4) is 0 Å². The van der Waals surface area contributed by atoms with E-state index in [0.29, 0.717) is 24.8 Å². The van der Waals surface area contributed by atoms with Crippen LogP contribution in [0.15, 0.2) is 0 Å². The molecule has 1 aliphatic carbocycles. The molecule has 114 valence electrons. The maximum Gasteiger partial charge on any atom is 0.393 e. The predicted octanol–water partition coefficient (Wildman–Crippen LogP) is 2.18. The normalized spacial score (nSPS) is 38.0. The van der Waals surface area contributed by atoms with Gasteiger partial charge >= 0.3 is 6.18 Å². The molecule has 3 aliphatic rings. The molecule has 4 unspecified atom stereocenters. The van der Waals surface area contributed by atoms with E-state index < -0.39 is 12.1 Å². The predicted molar refractivity (Wildman–Crippen MR) is 68.0 cm³/mol. The van der Waals surface area contributed by atoms with Gasteiger partial charge in [-0.15, -0.1) is 0 Å². The fourth-order valence-corrected chi connectivity index (χ4v) is 4.10. The molecule has 1 saturated carbocycles. The second-order valence-corrected chi connectivity index (χ2v) is 6.41. The third-order valence-electron chi connectivity index (χ3n) is 5.21. The SMILES string of the molecule is O=C(C1NCC2CCCC21)N1CCCC(C(F)(F)F)C1. The van der Waals surface area contributed by atoms with Gasteiger partial charge in [-0.3, -0.25) is 4.79 Å². The van der Waals surface area contributed by atoms with Crippen LogP contribution in [0.25, 0.3) is 0 Å². The molecule has 4 atom stereocenters. The zero-order valence-corrected chi connectivity index (χ0v) is 11.5. The minimum absolute atomic E-state index is 0.103. The Morgan fingerprint density at radius 2 is 1.95 bits per heavy atom. The standard InChI is InChI=1S/C14H21F3N2O/c15-14(16,17)10-4-2-6-19(8-10)13(20)12-11-5-1-3-9(11)7-18-12/h9-12,18H,1-8H2. The fourth-order valence-electron chi connectivity index (χ4n) is 4.10. The molecule has 0 aromatic heterocycles. The van der Waals surface area contributed by atoms with E-state index in [9.17, 15) is 18.0 Å². The van der Waals surface area contributed by atoms with Crippen LogP contribution in [0.2, 0.25) is 0 Å². The highest BCUT2D eigenvalue weighted by atomic mass is 19.4. The molecule has 20 heavy (non-hydrogen) atoms. The lowest BCUT2D eigenvalue weighted by molar-refractivity contribution is -0.188. The highest BCUT2D eigenvalue weighted by Crippen LogP contribution is 2.39. The molecular formula is C14H21F3N2O. The number of hydrogen-bond acceptors (Lipinski definition) is 2. The molecule has 3 nitrogen and oxygen atoms in total. The maximum atomic E-state index is 12.8. The number of piperidine rings is 1. The largest absolute Gasteiger partial charge is 0.393 e. The summed E-state index contributed by atoms with van der Waals surface area (Å²) in [4.78, 5) is 14.0. The summed E-state index contributed by atoms with van der Waals surface area (Å²) >= 11 is 0. The van der Waals surface area contributed by atoms with Crippen molar-refractivity contribution in [2.75, 3.05) is 19.6 Å². The molecule has 0 aromatic rings. The number of hydrogen-bond donors (Lipinski definition) is 1. The lowest BCUT2D eigenvalue weighted by atomic mass is 9.91. The van der Waals surface area contributed by atoms with Crippen molar-refractivity contribution in [3.63, 3.8) is 0 Å². The van der Waals surface area contributed by atoms with E-state index in [1.165, 1.54) is 4.90 Å². The van der Waals surface area contributed by atoms with Gasteiger partial charge in [0.15, 0.2) is 0 Å². The number of alkyl halides is 3. The number of amides is 1. The maximum absolute atomic E-state index is 12.8. The lowest BCUT2D eigenvalue weighted by Gasteiger charge is -2.36. The van der Waals surface area contributed by atoms with Crippen molar-refractivity contribution < 1.29 is 18.0 Å². The first-order valence-corrected chi connectivity index (χ1v) is 7.55. The molecule has 1 amide bonds. The van der Waals surface area contributed by atoms with E-state index in [1.54, 1.807) is 0 Å². The van der Waals surface area contributed by atoms with Crippen molar-refractivity contribution in [1.82, 2.24) is 10.2 Å². The van der Waals surface area contributed by atoms with E-state index >= 15 is 0 Å². The van der Waals surface area contributed by atoms with Gasteiger partial charge in [0.1, 0.15) is 0 Å². The minimum Gasteiger partial charge on any atom is -0.341 e. The van der Waals surface area contributed by atoms with E-state index in [4.69, 9.17) is 0 Å². The van der Waals surface area contributed by atoms with Gasteiger partial charge in [0.2, 0.25) is 5.91 Å². The van der Waals surface area contributed by atoms with Gasteiger partial charge in [-0.25, -0.2) is 0 Å². The van der Waals surface area contributed by atoms with Crippen molar-refractivity contribution in [3.8, 4) is 0 Å². The van der Waals surface area contributed by atoms with Crippen LogP contribution in [0.5, 0.6) is 0 Å². The van der Waals surface area contributed by atoms with Crippen molar-refractivity contribution >= 4 is 5.91 Å². The zero-order chi connectivity index (χ0) is 14.3. The van der Waals surface area contributed by atoms with E-state index in [-0.39, 0.29) is 24.9 Å².